The molecule has 8 N–H and O–H groups in total. The molecule has 0 spiro atoms. The van der Waals surface area contributed by atoms with Crippen molar-refractivity contribution in [2.45, 2.75) is 49.1 Å². The second-order valence-corrected chi connectivity index (χ2v) is 15.5. The van der Waals surface area contributed by atoms with Crippen LogP contribution >= 0.6 is 13.4 Å². The molecule has 0 aromatic carbocycles. The number of hydrogen-bond donors (Lipinski definition) is 6. The maximum Gasteiger partial charge on any atom is 0.325 e. The van der Waals surface area contributed by atoms with Crippen LogP contribution in [0.1, 0.15) is 12.5 Å². The molecular formula is C20H24N10O10P2S2. The molecule has 3 saturated heterocycles. The Balaban J connectivity index is 1.20. The Labute approximate surface area is 256 Å². The van der Waals surface area contributed by atoms with Gasteiger partial charge in [-0.3, -0.25) is 18.2 Å². The summed E-state index contributed by atoms with van der Waals surface area (Å²) in [6.07, 6.45) is -5.21. The van der Waals surface area contributed by atoms with Crippen molar-refractivity contribution in [2.24, 2.45) is 0 Å². The number of nitrogens with two attached hydrogens (primary N) is 2. The molecule has 3 aliphatic heterocycles. The Morgan fingerprint density at radius 1 is 0.705 bits per heavy atom. The van der Waals surface area contributed by atoms with Crippen LogP contribution in [0.25, 0.3) is 22.3 Å². The second kappa shape index (κ2) is 11.1. The van der Waals surface area contributed by atoms with E-state index in [2.05, 4.69) is 29.9 Å². The molecule has 236 valence electrons. The van der Waals surface area contributed by atoms with Crippen molar-refractivity contribution in [3.63, 3.8) is 0 Å². The number of ether oxygens (including phenoxy) is 2. The summed E-state index contributed by atoms with van der Waals surface area (Å²) in [5, 5.41) is 22.4. The van der Waals surface area contributed by atoms with Gasteiger partial charge in [-0.05, 0) is 23.6 Å². The molecule has 3 fully saturated rings. The molecular weight excluding hydrogens is 666 g/mol. The average molecular weight is 691 g/mol. The van der Waals surface area contributed by atoms with Gasteiger partial charge in [0.1, 0.15) is 60.3 Å². The van der Waals surface area contributed by atoms with Gasteiger partial charge in [0, 0.05) is 0 Å². The first-order chi connectivity index (χ1) is 20.9. The molecule has 7 heterocycles. The van der Waals surface area contributed by atoms with Gasteiger partial charge in [0.05, 0.1) is 25.9 Å². The van der Waals surface area contributed by atoms with Gasteiger partial charge in [-0.2, -0.15) is 0 Å². The molecule has 2 unspecified atom stereocenters. The van der Waals surface area contributed by atoms with Gasteiger partial charge in [-0.15, -0.1) is 0 Å². The van der Waals surface area contributed by atoms with Crippen molar-refractivity contribution in [2.75, 3.05) is 24.7 Å². The summed E-state index contributed by atoms with van der Waals surface area (Å²) in [6, 6.07) is 0. The highest BCUT2D eigenvalue weighted by Gasteiger charge is 2.52. The highest BCUT2D eigenvalue weighted by Crippen LogP contribution is 2.54. The highest BCUT2D eigenvalue weighted by atomic mass is 32.5. The summed E-state index contributed by atoms with van der Waals surface area (Å²) in [5.41, 5.74) is 12.8. The normalized spacial score (nSPS) is 38.3. The number of aliphatic hydroxyl groups is 2. The van der Waals surface area contributed by atoms with E-state index in [4.69, 9.17) is 62.6 Å². The predicted molar refractivity (Wildman–Crippen MR) is 154 cm³/mol. The maximum atomic E-state index is 11.3. The summed E-state index contributed by atoms with van der Waals surface area (Å²) in [5.74, 6) is 0.212. The van der Waals surface area contributed by atoms with E-state index >= 15 is 0 Å². The molecule has 24 heteroatoms. The number of aromatic nitrogens is 8. The lowest BCUT2D eigenvalue weighted by Gasteiger charge is -2.28. The fourth-order valence-corrected chi connectivity index (χ4v) is 8.08. The van der Waals surface area contributed by atoms with E-state index in [9.17, 15) is 20.0 Å². The molecule has 0 amide bonds. The largest absolute Gasteiger partial charge is 0.387 e. The number of aliphatic hydroxyl groups excluding tert-OH is 2. The van der Waals surface area contributed by atoms with Crippen molar-refractivity contribution >= 4 is 71.0 Å². The number of imidazole rings is 2. The Hall–Kier alpha value is -2.40. The molecule has 20 nitrogen and oxygen atoms in total. The van der Waals surface area contributed by atoms with E-state index in [0.29, 0.717) is 0 Å². The molecule has 3 aliphatic rings. The van der Waals surface area contributed by atoms with Crippen molar-refractivity contribution in [1.82, 2.24) is 39.0 Å². The van der Waals surface area contributed by atoms with E-state index in [1.165, 1.54) is 34.4 Å². The first kappa shape index (κ1) is 30.3. The Bertz CT molecular complexity index is 1830. The lowest BCUT2D eigenvalue weighted by atomic mass is 10.1. The Morgan fingerprint density at radius 2 is 1.20 bits per heavy atom. The second-order valence-electron chi connectivity index (χ2n) is 9.95. The summed E-state index contributed by atoms with van der Waals surface area (Å²) >= 11 is 10.5. The van der Waals surface area contributed by atoms with Crippen molar-refractivity contribution in [3.8, 4) is 0 Å². The molecule has 4 aromatic heterocycles. The van der Waals surface area contributed by atoms with Crippen LogP contribution < -0.4 is 11.5 Å². The number of nitrogen functional groups attached to an aromatic ring is 2. The highest BCUT2D eigenvalue weighted by molar-refractivity contribution is 8.07. The Kier molecular flexibility index (Phi) is 7.66. The molecule has 0 radical (unpaired) electrons. The number of nitrogens with zero attached hydrogens (tertiary/aromatic N) is 8. The average Bonchev–Trinajstić information content (AvgIpc) is 3.73. The van der Waals surface area contributed by atoms with E-state index in [-0.39, 0.29) is 34.0 Å². The fourth-order valence-electron chi connectivity index (χ4n) is 5.22. The SMILES string of the molecule is Nc1ncnc2c1ncn2[C@@H]1O[C@@H]2COP(O)(=S)O[C@H]3[C@H](O)[C@H](COP(O)(=S)O[C@@H]2[C@H]1O)O[C@H]3n1cnc2c(N)ncnc21. The topological polar surface area (TPSA) is 276 Å². The third-order valence-electron chi connectivity index (χ3n) is 7.26. The summed E-state index contributed by atoms with van der Waals surface area (Å²) in [6.45, 7) is -9.28. The molecule has 0 saturated carbocycles. The minimum absolute atomic E-state index is 0.103. The monoisotopic (exact) mass is 690 g/mol. The third kappa shape index (κ3) is 5.29. The van der Waals surface area contributed by atoms with Gasteiger partial charge in [0.15, 0.2) is 35.4 Å². The van der Waals surface area contributed by atoms with Crippen LogP contribution in [-0.4, -0.2) is 109 Å². The Morgan fingerprint density at radius 3 is 1.80 bits per heavy atom. The first-order valence-corrected chi connectivity index (χ1v) is 17.9. The first-order valence-electron chi connectivity index (χ1n) is 12.8. The van der Waals surface area contributed by atoms with Crippen LogP contribution in [0, 0.1) is 0 Å². The number of fused-ring (bicyclic) bond motifs is 5. The zero-order valence-electron chi connectivity index (χ0n) is 22.0. The van der Waals surface area contributed by atoms with Gasteiger partial charge in [-0.1, -0.05) is 0 Å². The zero-order valence-corrected chi connectivity index (χ0v) is 25.4. The van der Waals surface area contributed by atoms with E-state index in [0.717, 1.165) is 0 Å². The van der Waals surface area contributed by atoms with Crippen LogP contribution in [0.5, 0.6) is 0 Å². The molecule has 4 aromatic rings. The molecule has 10 atom stereocenters. The molecule has 7 rings (SSSR count). The van der Waals surface area contributed by atoms with Crippen molar-refractivity contribution in [1.29, 1.82) is 0 Å². The molecule has 44 heavy (non-hydrogen) atoms. The third-order valence-corrected chi connectivity index (χ3v) is 10.4. The molecule has 0 aliphatic carbocycles. The van der Waals surface area contributed by atoms with Crippen molar-refractivity contribution in [3.05, 3.63) is 25.3 Å². The quantitative estimate of drug-likeness (QED) is 0.132. The van der Waals surface area contributed by atoms with E-state index < -0.39 is 75.7 Å². The summed E-state index contributed by atoms with van der Waals surface area (Å²) < 4.78 is 37.5. The van der Waals surface area contributed by atoms with Crippen LogP contribution in [-0.2, 0) is 51.2 Å². The minimum atomic E-state index is -4.16. The molecule has 2 bridgehead atoms. The number of anilines is 2. The van der Waals surface area contributed by atoms with Crippen LogP contribution in [0.4, 0.5) is 11.6 Å². The van der Waals surface area contributed by atoms with Gasteiger partial charge in [0.2, 0.25) is 0 Å². The number of hydrogen-bond acceptors (Lipinski definition) is 18. The van der Waals surface area contributed by atoms with Gasteiger partial charge in [0.25, 0.3) is 0 Å². The van der Waals surface area contributed by atoms with E-state index in [1.54, 1.807) is 0 Å². The van der Waals surface area contributed by atoms with Gasteiger partial charge in [-0.25, -0.2) is 29.9 Å². The lowest BCUT2D eigenvalue weighted by molar-refractivity contribution is -0.0606. The predicted octanol–water partition coefficient (Wildman–Crippen LogP) is -1.40. The zero-order chi connectivity index (χ0) is 31.0. The summed E-state index contributed by atoms with van der Waals surface area (Å²) in [7, 11) is 0. The minimum Gasteiger partial charge on any atom is -0.387 e. The standard InChI is InChI=1S/C20H24N10O10P2S2/c21-15-9-17(25-3-23-15)29(5-27-9)19-12(32)13-8(38-19)2-36-42(34,44)40-14-11(31)7(1-35-41(33,43)39-13)37-20(14)30-6-28-10-16(22)24-4-26-18(10)30/h3-8,11-14,19-20,31-32H,1-2H2,(H,33,43)(H,34,44)(H2,21,23,25)(H2,22,24,26)/t7-,8+,11+,12+,13-,14-,19+,20+,41?,42?/m0/s1. The van der Waals surface area contributed by atoms with Crippen LogP contribution in [0.3, 0.4) is 0 Å². The van der Waals surface area contributed by atoms with E-state index in [1.807, 2.05) is 0 Å². The van der Waals surface area contributed by atoms with Gasteiger partial charge >= 0.3 is 13.4 Å². The van der Waals surface area contributed by atoms with Gasteiger partial charge < -0.3 is 50.0 Å². The maximum absolute atomic E-state index is 11.3. The van der Waals surface area contributed by atoms with Crippen LogP contribution in [0.15, 0.2) is 25.3 Å². The smallest absolute Gasteiger partial charge is 0.325 e. The summed E-state index contributed by atoms with van der Waals surface area (Å²) in [4.78, 5) is 46.6. The van der Waals surface area contributed by atoms with Crippen molar-refractivity contribution < 1.29 is 47.6 Å². The van der Waals surface area contributed by atoms with Crippen LogP contribution in [0.2, 0.25) is 0 Å². The fraction of sp³-hybridized carbons (Fsp3) is 0.500. The number of rotatable bonds is 2. The lowest BCUT2D eigenvalue weighted by Crippen LogP contribution is -2.36.